The van der Waals surface area contributed by atoms with Crippen molar-refractivity contribution in [2.75, 3.05) is 11.9 Å². The molecule has 1 unspecified atom stereocenters. The SMILES string of the molecule is Cn1ccc2ccc(-c3cc(Nc4cnccc4C(=O)NC4CCNC(=O)C4)cc4nccnc34)cc21. The first-order chi connectivity index (χ1) is 18.0. The van der Waals surface area contributed by atoms with Crippen molar-refractivity contribution in [2.45, 2.75) is 18.9 Å². The lowest BCUT2D eigenvalue weighted by Crippen LogP contribution is -2.45. The number of fused-ring (bicyclic) bond motifs is 2. The first-order valence-corrected chi connectivity index (χ1v) is 12.1. The van der Waals surface area contributed by atoms with Gasteiger partial charge in [0.05, 0.1) is 28.5 Å². The van der Waals surface area contributed by atoms with Crippen LogP contribution in [-0.2, 0) is 11.8 Å². The molecule has 2 aromatic carbocycles. The van der Waals surface area contributed by atoms with Crippen molar-refractivity contribution in [2.24, 2.45) is 7.05 Å². The van der Waals surface area contributed by atoms with Crippen LogP contribution in [0.2, 0.25) is 0 Å². The number of hydrogen-bond donors (Lipinski definition) is 3. The first kappa shape index (κ1) is 22.7. The summed E-state index contributed by atoms with van der Waals surface area (Å²) in [5.74, 6) is -0.303. The van der Waals surface area contributed by atoms with Gasteiger partial charge in [0.25, 0.3) is 5.91 Å². The molecule has 184 valence electrons. The first-order valence-electron chi connectivity index (χ1n) is 12.1. The minimum Gasteiger partial charge on any atom is -0.356 e. The maximum absolute atomic E-state index is 13.1. The molecule has 3 aromatic heterocycles. The number of nitrogens with one attached hydrogen (secondary N) is 3. The summed E-state index contributed by atoms with van der Waals surface area (Å²) in [6, 6.07) is 13.8. The average Bonchev–Trinajstić information content (AvgIpc) is 3.28. The van der Waals surface area contributed by atoms with Gasteiger partial charge in [-0.25, -0.2) is 0 Å². The number of hydrogen-bond acceptors (Lipinski definition) is 6. The van der Waals surface area contributed by atoms with Gasteiger partial charge < -0.3 is 20.5 Å². The van der Waals surface area contributed by atoms with Crippen molar-refractivity contribution in [3.8, 4) is 11.1 Å². The molecule has 1 fully saturated rings. The van der Waals surface area contributed by atoms with E-state index in [-0.39, 0.29) is 24.3 Å². The van der Waals surface area contributed by atoms with E-state index in [1.165, 1.54) is 0 Å². The number of pyridine rings is 1. The molecule has 5 aromatic rings. The van der Waals surface area contributed by atoms with Gasteiger partial charge in [-0.1, -0.05) is 12.1 Å². The molecule has 0 radical (unpaired) electrons. The fourth-order valence-corrected chi connectivity index (χ4v) is 4.81. The number of carbonyl (C=O) groups is 2. The van der Waals surface area contributed by atoms with Crippen molar-refractivity contribution >= 4 is 45.1 Å². The van der Waals surface area contributed by atoms with Gasteiger partial charge in [0.2, 0.25) is 5.91 Å². The molecule has 37 heavy (non-hydrogen) atoms. The summed E-state index contributed by atoms with van der Waals surface area (Å²) in [4.78, 5) is 38.2. The van der Waals surface area contributed by atoms with Crippen LogP contribution < -0.4 is 16.0 Å². The van der Waals surface area contributed by atoms with Gasteiger partial charge in [-0.15, -0.1) is 0 Å². The van der Waals surface area contributed by atoms with Crippen LogP contribution >= 0.6 is 0 Å². The maximum atomic E-state index is 13.1. The second kappa shape index (κ2) is 9.34. The van der Waals surface area contributed by atoms with Gasteiger partial charge in [-0.05, 0) is 47.7 Å². The number of anilines is 2. The zero-order valence-electron chi connectivity index (χ0n) is 20.2. The minimum absolute atomic E-state index is 0.0528. The van der Waals surface area contributed by atoms with Crippen LogP contribution in [0.3, 0.4) is 0 Å². The molecular formula is C28H25N7O2. The van der Waals surface area contributed by atoms with E-state index >= 15 is 0 Å². The van der Waals surface area contributed by atoms with Crippen molar-refractivity contribution < 1.29 is 9.59 Å². The number of aryl methyl sites for hydroxylation is 1. The second-order valence-electron chi connectivity index (χ2n) is 9.21. The molecule has 0 saturated carbocycles. The van der Waals surface area contributed by atoms with Crippen molar-refractivity contribution in [1.82, 2.24) is 30.2 Å². The summed E-state index contributed by atoms with van der Waals surface area (Å²) in [6.07, 6.45) is 9.58. The van der Waals surface area contributed by atoms with Crippen LogP contribution in [0.25, 0.3) is 33.1 Å². The zero-order chi connectivity index (χ0) is 25.4. The molecule has 0 spiro atoms. The Kier molecular flexibility index (Phi) is 5.72. The highest BCUT2D eigenvalue weighted by molar-refractivity contribution is 6.02. The summed E-state index contributed by atoms with van der Waals surface area (Å²) in [5.41, 5.74) is 6.37. The van der Waals surface area contributed by atoms with Crippen LogP contribution in [0.5, 0.6) is 0 Å². The Bertz CT molecular complexity index is 1660. The topological polar surface area (TPSA) is 114 Å². The Labute approximate surface area is 213 Å². The summed E-state index contributed by atoms with van der Waals surface area (Å²) < 4.78 is 2.09. The third kappa shape index (κ3) is 4.47. The summed E-state index contributed by atoms with van der Waals surface area (Å²) in [5, 5.41) is 10.3. The Hall–Kier alpha value is -4.79. The lowest BCUT2D eigenvalue weighted by Gasteiger charge is -2.23. The number of aromatic nitrogens is 4. The van der Waals surface area contributed by atoms with Crippen molar-refractivity contribution in [3.63, 3.8) is 0 Å². The van der Waals surface area contributed by atoms with Crippen molar-refractivity contribution in [1.29, 1.82) is 0 Å². The molecule has 2 amide bonds. The highest BCUT2D eigenvalue weighted by Gasteiger charge is 2.22. The van der Waals surface area contributed by atoms with Crippen LogP contribution in [0.4, 0.5) is 11.4 Å². The molecular weight excluding hydrogens is 466 g/mol. The predicted molar refractivity (Wildman–Crippen MR) is 142 cm³/mol. The summed E-state index contributed by atoms with van der Waals surface area (Å²) in [7, 11) is 2.02. The van der Waals surface area contributed by atoms with Gasteiger partial charge in [0, 0.05) is 67.6 Å². The number of piperidine rings is 1. The maximum Gasteiger partial charge on any atom is 0.253 e. The molecule has 1 saturated heterocycles. The Morgan fingerprint density at radius 3 is 2.86 bits per heavy atom. The smallest absolute Gasteiger partial charge is 0.253 e. The predicted octanol–water partition coefficient (Wildman–Crippen LogP) is 3.94. The number of amides is 2. The quantitative estimate of drug-likeness (QED) is 0.343. The third-order valence-electron chi connectivity index (χ3n) is 6.70. The Morgan fingerprint density at radius 1 is 1.08 bits per heavy atom. The number of benzene rings is 2. The Morgan fingerprint density at radius 2 is 1.97 bits per heavy atom. The van der Waals surface area contributed by atoms with E-state index in [4.69, 9.17) is 0 Å². The molecule has 0 aliphatic carbocycles. The van der Waals surface area contributed by atoms with Gasteiger partial charge in [-0.2, -0.15) is 0 Å². The number of carbonyl (C=O) groups excluding carboxylic acids is 2. The molecule has 9 heteroatoms. The molecule has 1 aliphatic heterocycles. The summed E-state index contributed by atoms with van der Waals surface area (Å²) in [6.45, 7) is 0.556. The number of nitrogens with zero attached hydrogens (tertiary/aromatic N) is 4. The van der Waals surface area contributed by atoms with Crippen molar-refractivity contribution in [3.05, 3.63) is 79.0 Å². The fraction of sp³-hybridized carbons (Fsp3) is 0.179. The standard InChI is InChI=1S/C28H25N7O2/c1-35-11-6-17-2-3-18(12-25(17)35)22-13-20(14-23-27(22)32-10-9-30-23)33-24-16-29-7-5-21(24)28(37)34-19-4-8-31-26(36)15-19/h2-3,5-7,9-14,16,19,33H,4,8,15H2,1H3,(H,31,36)(H,34,37). The second-order valence-corrected chi connectivity index (χ2v) is 9.21. The largest absolute Gasteiger partial charge is 0.356 e. The van der Waals surface area contributed by atoms with Crippen LogP contribution in [0.15, 0.2) is 73.4 Å². The Balaban J connectivity index is 1.36. The highest BCUT2D eigenvalue weighted by atomic mass is 16.2. The molecule has 9 nitrogen and oxygen atoms in total. The molecule has 6 rings (SSSR count). The molecule has 3 N–H and O–H groups in total. The van der Waals surface area contributed by atoms with Crippen LogP contribution in [0.1, 0.15) is 23.2 Å². The summed E-state index contributed by atoms with van der Waals surface area (Å²) >= 11 is 0. The lowest BCUT2D eigenvalue weighted by atomic mass is 10.0. The van der Waals surface area contributed by atoms with Gasteiger partial charge in [0.15, 0.2) is 0 Å². The molecule has 0 bridgehead atoms. The third-order valence-corrected chi connectivity index (χ3v) is 6.70. The lowest BCUT2D eigenvalue weighted by molar-refractivity contribution is -0.122. The molecule has 1 aliphatic rings. The highest BCUT2D eigenvalue weighted by Crippen LogP contribution is 2.33. The monoisotopic (exact) mass is 491 g/mol. The minimum atomic E-state index is -0.250. The fourth-order valence-electron chi connectivity index (χ4n) is 4.81. The van der Waals surface area contributed by atoms with E-state index in [1.807, 2.05) is 25.4 Å². The van der Waals surface area contributed by atoms with E-state index in [1.54, 1.807) is 30.9 Å². The van der Waals surface area contributed by atoms with Crippen LogP contribution in [0, 0.1) is 0 Å². The average molecular weight is 492 g/mol. The molecule has 4 heterocycles. The van der Waals surface area contributed by atoms with Crippen LogP contribution in [-0.4, -0.2) is 43.9 Å². The van der Waals surface area contributed by atoms with E-state index < -0.39 is 0 Å². The zero-order valence-corrected chi connectivity index (χ0v) is 20.2. The number of rotatable bonds is 5. The van der Waals surface area contributed by atoms with E-state index in [0.717, 1.165) is 38.8 Å². The normalized spacial score (nSPS) is 15.5. The van der Waals surface area contributed by atoms with Gasteiger partial charge in [-0.3, -0.25) is 24.5 Å². The van der Waals surface area contributed by atoms with Gasteiger partial charge >= 0.3 is 0 Å². The van der Waals surface area contributed by atoms with E-state index in [9.17, 15) is 9.59 Å². The van der Waals surface area contributed by atoms with Gasteiger partial charge in [0.1, 0.15) is 0 Å². The van der Waals surface area contributed by atoms with E-state index in [2.05, 4.69) is 59.7 Å². The van der Waals surface area contributed by atoms with E-state index in [0.29, 0.717) is 24.2 Å². The molecule has 1 atom stereocenters.